The first-order chi connectivity index (χ1) is 16.8. The van der Waals surface area contributed by atoms with E-state index in [1.807, 2.05) is 23.1 Å². The Morgan fingerprint density at radius 1 is 1.20 bits per heavy atom. The summed E-state index contributed by atoms with van der Waals surface area (Å²) in [5.41, 5.74) is 1.33. The van der Waals surface area contributed by atoms with Crippen LogP contribution in [0.1, 0.15) is 55.3 Å². The van der Waals surface area contributed by atoms with Crippen LogP contribution in [-0.4, -0.2) is 36.0 Å². The zero-order valence-corrected chi connectivity index (χ0v) is 19.7. The molecule has 2 aliphatic rings. The first-order valence-corrected chi connectivity index (χ1v) is 11.9. The molecule has 1 aliphatic heterocycles. The predicted molar refractivity (Wildman–Crippen MR) is 128 cm³/mol. The van der Waals surface area contributed by atoms with Gasteiger partial charge in [0.2, 0.25) is 5.91 Å². The smallest absolute Gasteiger partial charge is 0.266 e. The van der Waals surface area contributed by atoms with Crippen molar-refractivity contribution in [3.8, 4) is 0 Å². The first-order valence-electron chi connectivity index (χ1n) is 11.9. The van der Waals surface area contributed by atoms with Crippen molar-refractivity contribution in [2.45, 2.75) is 44.3 Å². The second kappa shape index (κ2) is 9.15. The first kappa shape index (κ1) is 23.6. The number of rotatable bonds is 7. The molecule has 1 N–H and O–H groups in total. The van der Waals surface area contributed by atoms with E-state index in [4.69, 9.17) is 4.74 Å². The van der Waals surface area contributed by atoms with Gasteiger partial charge in [0.25, 0.3) is 6.43 Å². The van der Waals surface area contributed by atoms with E-state index >= 15 is 0 Å². The number of likely N-dealkylation sites (tertiary alicyclic amines) is 1. The highest BCUT2D eigenvalue weighted by Gasteiger charge is 2.45. The Hall–Kier alpha value is -3.13. The minimum Gasteiger partial charge on any atom is -0.378 e. The molecule has 1 aliphatic carbocycles. The number of amides is 1. The molecule has 0 spiro atoms. The lowest BCUT2D eigenvalue weighted by Gasteiger charge is -2.29. The fourth-order valence-electron chi connectivity index (χ4n) is 5.02. The number of methoxy groups -OCH3 is 1. The number of halogens is 3. The van der Waals surface area contributed by atoms with E-state index in [-0.39, 0.29) is 17.4 Å². The standard InChI is InChI=1S/C27H28F3N3O2/c1-16(19-4-3-5-20(24(19)28)25(29)30)32-23-10-12-31-22-9-8-18(14-21(22)23)27(35-2)11-13-33(15-27)26(34)17-6-7-17/h3-5,8-10,12,14,16-17,25H,6-7,11,13,15H2,1-2H3,(H,31,32)/t16-,27-/m1/s1. The number of fused-ring (bicyclic) bond motifs is 1. The van der Waals surface area contributed by atoms with E-state index in [1.165, 1.54) is 12.1 Å². The normalized spacial score (nSPS) is 21.0. The maximum absolute atomic E-state index is 14.7. The maximum atomic E-state index is 14.7. The summed E-state index contributed by atoms with van der Waals surface area (Å²) in [5, 5.41) is 4.09. The summed E-state index contributed by atoms with van der Waals surface area (Å²) in [6.07, 6.45) is 1.39. The molecule has 2 heterocycles. The minimum absolute atomic E-state index is 0.157. The number of nitrogens with zero attached hydrogens (tertiary/aromatic N) is 2. The number of nitrogens with one attached hydrogen (secondary N) is 1. The molecule has 2 atom stereocenters. The average molecular weight is 484 g/mol. The zero-order valence-electron chi connectivity index (χ0n) is 19.7. The van der Waals surface area contributed by atoms with Crippen LogP contribution in [0.5, 0.6) is 0 Å². The number of carbonyl (C=O) groups is 1. The number of anilines is 1. The molecule has 0 radical (unpaired) electrons. The number of hydrogen-bond acceptors (Lipinski definition) is 4. The quantitative estimate of drug-likeness (QED) is 0.450. The van der Waals surface area contributed by atoms with Gasteiger partial charge in [-0.15, -0.1) is 0 Å². The summed E-state index contributed by atoms with van der Waals surface area (Å²) >= 11 is 0. The molecule has 1 saturated carbocycles. The van der Waals surface area contributed by atoms with Gasteiger partial charge in [0.1, 0.15) is 11.4 Å². The molecular formula is C27H28F3N3O2. The fourth-order valence-corrected chi connectivity index (χ4v) is 5.02. The Bertz CT molecular complexity index is 1260. The number of alkyl halides is 2. The van der Waals surface area contributed by atoms with Crippen LogP contribution in [-0.2, 0) is 15.1 Å². The van der Waals surface area contributed by atoms with Gasteiger partial charge < -0.3 is 15.0 Å². The molecule has 1 saturated heterocycles. The van der Waals surface area contributed by atoms with Gasteiger partial charge in [0.15, 0.2) is 0 Å². The molecule has 1 aromatic heterocycles. The second-order valence-electron chi connectivity index (χ2n) is 9.49. The summed E-state index contributed by atoms with van der Waals surface area (Å²) in [5.74, 6) is -0.536. The third kappa shape index (κ3) is 4.35. The van der Waals surface area contributed by atoms with E-state index < -0.39 is 29.4 Å². The van der Waals surface area contributed by atoms with Crippen molar-refractivity contribution in [3.63, 3.8) is 0 Å². The van der Waals surface area contributed by atoms with Crippen LogP contribution in [0.3, 0.4) is 0 Å². The lowest BCUT2D eigenvalue weighted by Crippen LogP contribution is -2.36. The van der Waals surface area contributed by atoms with Gasteiger partial charge in [-0.3, -0.25) is 9.78 Å². The molecule has 5 rings (SSSR count). The van der Waals surface area contributed by atoms with E-state index in [2.05, 4.69) is 10.3 Å². The van der Waals surface area contributed by atoms with Crippen molar-refractivity contribution in [2.24, 2.45) is 5.92 Å². The topological polar surface area (TPSA) is 54.5 Å². The highest BCUT2D eigenvalue weighted by atomic mass is 19.3. The van der Waals surface area contributed by atoms with Crippen molar-refractivity contribution in [2.75, 3.05) is 25.5 Å². The molecule has 35 heavy (non-hydrogen) atoms. The molecule has 5 nitrogen and oxygen atoms in total. The van der Waals surface area contributed by atoms with Gasteiger partial charge in [-0.05, 0) is 49.9 Å². The van der Waals surface area contributed by atoms with Crippen LogP contribution >= 0.6 is 0 Å². The number of aromatic nitrogens is 1. The third-order valence-corrected chi connectivity index (χ3v) is 7.26. The Morgan fingerprint density at radius 3 is 2.69 bits per heavy atom. The highest BCUT2D eigenvalue weighted by molar-refractivity contribution is 5.92. The van der Waals surface area contributed by atoms with E-state index in [1.54, 1.807) is 26.3 Å². The summed E-state index contributed by atoms with van der Waals surface area (Å²) < 4.78 is 47.1. The van der Waals surface area contributed by atoms with Crippen LogP contribution in [0, 0.1) is 11.7 Å². The molecule has 184 valence electrons. The maximum Gasteiger partial charge on any atom is 0.266 e. The Labute approximate surface area is 202 Å². The monoisotopic (exact) mass is 483 g/mol. The predicted octanol–water partition coefficient (Wildman–Crippen LogP) is 5.97. The number of ether oxygens (including phenoxy) is 1. The van der Waals surface area contributed by atoms with Gasteiger partial charge in [-0.25, -0.2) is 13.2 Å². The molecule has 2 aromatic carbocycles. The third-order valence-electron chi connectivity index (χ3n) is 7.26. The molecule has 1 amide bonds. The number of hydrogen-bond donors (Lipinski definition) is 1. The molecule has 2 fully saturated rings. The van der Waals surface area contributed by atoms with Crippen molar-refractivity contribution in [3.05, 3.63) is 71.2 Å². The molecule has 0 bridgehead atoms. The highest BCUT2D eigenvalue weighted by Crippen LogP contribution is 2.40. The number of pyridine rings is 1. The molecule has 8 heteroatoms. The van der Waals surface area contributed by atoms with Crippen LogP contribution < -0.4 is 5.32 Å². The van der Waals surface area contributed by atoms with Gasteiger partial charge in [-0.2, -0.15) is 0 Å². The molecule has 3 aromatic rings. The van der Waals surface area contributed by atoms with Crippen LogP contribution in [0.2, 0.25) is 0 Å². The van der Waals surface area contributed by atoms with Crippen LogP contribution in [0.4, 0.5) is 18.9 Å². The van der Waals surface area contributed by atoms with Gasteiger partial charge >= 0.3 is 0 Å². The average Bonchev–Trinajstić information content (AvgIpc) is 3.62. The lowest BCUT2D eigenvalue weighted by atomic mass is 9.91. The van der Waals surface area contributed by atoms with Crippen molar-refractivity contribution in [1.82, 2.24) is 9.88 Å². The van der Waals surface area contributed by atoms with Gasteiger partial charge in [-0.1, -0.05) is 24.3 Å². The summed E-state index contributed by atoms with van der Waals surface area (Å²) in [4.78, 5) is 19.0. The summed E-state index contributed by atoms with van der Waals surface area (Å²) in [6, 6.07) is 11.2. The number of carbonyl (C=O) groups excluding carboxylic acids is 1. The Kier molecular flexibility index (Phi) is 6.17. The summed E-state index contributed by atoms with van der Waals surface area (Å²) in [7, 11) is 1.67. The van der Waals surface area contributed by atoms with Crippen molar-refractivity contribution in [1.29, 1.82) is 0 Å². The SMILES string of the molecule is CO[C@]1(c2ccc3nccc(N[C@H](C)c4cccc(C(F)F)c4F)c3c2)CCN(C(=O)C2CC2)C1. The van der Waals surface area contributed by atoms with Crippen molar-refractivity contribution < 1.29 is 22.7 Å². The Balaban J connectivity index is 1.46. The molecule has 0 unspecified atom stereocenters. The largest absolute Gasteiger partial charge is 0.378 e. The minimum atomic E-state index is -2.88. The van der Waals surface area contributed by atoms with E-state index in [0.29, 0.717) is 25.2 Å². The lowest BCUT2D eigenvalue weighted by molar-refractivity contribution is -0.132. The zero-order chi connectivity index (χ0) is 24.7. The fraction of sp³-hybridized carbons (Fsp3) is 0.407. The van der Waals surface area contributed by atoms with Crippen LogP contribution in [0.15, 0.2) is 48.7 Å². The van der Waals surface area contributed by atoms with E-state index in [0.717, 1.165) is 35.4 Å². The second-order valence-corrected chi connectivity index (χ2v) is 9.49. The Morgan fingerprint density at radius 2 is 1.97 bits per heavy atom. The molecular weight excluding hydrogens is 455 g/mol. The van der Waals surface area contributed by atoms with E-state index in [9.17, 15) is 18.0 Å². The van der Waals surface area contributed by atoms with Crippen molar-refractivity contribution >= 4 is 22.5 Å². The van der Waals surface area contributed by atoms with Gasteiger partial charge in [0, 0.05) is 42.4 Å². The number of benzene rings is 2. The van der Waals surface area contributed by atoms with Crippen LogP contribution in [0.25, 0.3) is 10.9 Å². The van der Waals surface area contributed by atoms with Gasteiger partial charge in [0.05, 0.1) is 23.7 Å². The summed E-state index contributed by atoms with van der Waals surface area (Å²) in [6.45, 7) is 2.88.